The van der Waals surface area contributed by atoms with E-state index in [0.717, 1.165) is 12.1 Å². The second kappa shape index (κ2) is 9.40. The standard InChI is InChI=1S/2C11H10F2NO.2C5H5.Ti/c2*1-11(2)6-14(10(11)15)9-4-3-7(12)5-8(9)13;2*1-2-4-5-3-1;/h2*3-4H,6H2,1-2H3;2*1-5H;. The topological polar surface area (TPSA) is 40.6 Å². The number of allylic oxidation sites excluding steroid dienone is 8. The van der Waals surface area contributed by atoms with Gasteiger partial charge in [0.15, 0.2) is 0 Å². The van der Waals surface area contributed by atoms with Crippen LogP contribution in [0.2, 0.25) is 8.45 Å². The molecule has 0 spiro atoms. The average Bonchev–Trinajstić information content (AvgIpc) is 3.66. The maximum atomic E-state index is 16.9. The van der Waals surface area contributed by atoms with Crippen molar-refractivity contribution in [3.63, 3.8) is 0 Å². The van der Waals surface area contributed by atoms with Crippen molar-refractivity contribution in [1.29, 1.82) is 0 Å². The van der Waals surface area contributed by atoms with Crippen molar-refractivity contribution < 1.29 is 43.7 Å². The van der Waals surface area contributed by atoms with Crippen LogP contribution in [0.25, 0.3) is 0 Å². The van der Waals surface area contributed by atoms with Gasteiger partial charge < -0.3 is 0 Å². The van der Waals surface area contributed by atoms with Crippen molar-refractivity contribution in [2.75, 3.05) is 22.9 Å². The molecule has 2 aromatic rings. The van der Waals surface area contributed by atoms with Gasteiger partial charge in [-0.15, -0.1) is 0 Å². The van der Waals surface area contributed by atoms with E-state index in [4.69, 9.17) is 0 Å². The molecule has 0 atom stereocenters. The van der Waals surface area contributed by atoms with E-state index in [1.165, 1.54) is 21.9 Å². The number of anilines is 2. The van der Waals surface area contributed by atoms with E-state index in [0.29, 0.717) is 0 Å². The molecule has 0 bridgehead atoms. The van der Waals surface area contributed by atoms with Crippen LogP contribution >= 0.6 is 0 Å². The molecule has 2 aliphatic heterocycles. The summed E-state index contributed by atoms with van der Waals surface area (Å²) in [6.45, 7) is 7.43. The minimum atomic E-state index is -5.02. The van der Waals surface area contributed by atoms with Gasteiger partial charge in [-0.3, -0.25) is 0 Å². The van der Waals surface area contributed by atoms with Gasteiger partial charge in [-0.05, 0) is 0 Å². The van der Waals surface area contributed by atoms with Crippen LogP contribution in [-0.4, -0.2) is 24.9 Å². The number of β-lactam (4-membered cyclic amide) rings is 2. The van der Waals surface area contributed by atoms with Gasteiger partial charge in [0.2, 0.25) is 0 Å². The van der Waals surface area contributed by atoms with E-state index >= 15 is 17.6 Å². The normalized spacial score (nSPS) is 21.3. The third kappa shape index (κ3) is 3.90. The fourth-order valence-corrected chi connectivity index (χ4v) is 15.5. The summed E-state index contributed by atoms with van der Waals surface area (Å²) in [5.41, 5.74) is -1.60. The molecule has 2 heterocycles. The Morgan fingerprint density at radius 3 is 1.27 bits per heavy atom. The van der Waals surface area contributed by atoms with E-state index < -0.39 is 59.1 Å². The summed E-state index contributed by atoms with van der Waals surface area (Å²) in [5.74, 6) is -4.39. The molecule has 2 aliphatic carbocycles. The van der Waals surface area contributed by atoms with Crippen LogP contribution in [0.5, 0.6) is 0 Å². The van der Waals surface area contributed by atoms with E-state index in [1.54, 1.807) is 76.3 Å². The number of rotatable bonds is 6. The summed E-state index contributed by atoms with van der Waals surface area (Å²) < 4.78 is 64.1. The second-order valence-corrected chi connectivity index (χ2v) is 18.9. The van der Waals surface area contributed by atoms with Crippen molar-refractivity contribution in [1.82, 2.24) is 0 Å². The van der Waals surface area contributed by atoms with Gasteiger partial charge in [0.25, 0.3) is 0 Å². The summed E-state index contributed by atoms with van der Waals surface area (Å²) in [4.78, 5) is 28.3. The molecule has 2 saturated heterocycles. The van der Waals surface area contributed by atoms with E-state index in [-0.39, 0.29) is 44.0 Å². The molecule has 0 saturated carbocycles. The van der Waals surface area contributed by atoms with Crippen molar-refractivity contribution >= 4 is 30.9 Å². The van der Waals surface area contributed by atoms with Crippen LogP contribution in [0.4, 0.5) is 28.9 Å². The molecule has 0 aromatic heterocycles. The number of amides is 2. The van der Waals surface area contributed by atoms with Crippen LogP contribution in [-0.2, 0) is 26.2 Å². The van der Waals surface area contributed by atoms with Crippen LogP contribution in [0, 0.1) is 34.1 Å². The Balaban J connectivity index is 1.66. The number of carbonyl (C=O) groups is 2. The van der Waals surface area contributed by atoms with Crippen molar-refractivity contribution in [3.8, 4) is 0 Å². The third-order valence-electron chi connectivity index (χ3n) is 8.85. The first kappa shape index (κ1) is 27.9. The molecule has 41 heavy (non-hydrogen) atoms. The van der Waals surface area contributed by atoms with Gasteiger partial charge >= 0.3 is 241 Å². The van der Waals surface area contributed by atoms with Crippen LogP contribution < -0.4 is 17.5 Å². The Labute approximate surface area is 240 Å². The predicted octanol–water partition coefficient (Wildman–Crippen LogP) is 5.92. The molecule has 2 aromatic carbocycles. The quantitative estimate of drug-likeness (QED) is 0.235. The molecule has 2 amide bonds. The number of nitrogens with zero attached hydrogens (tertiary/aromatic N) is 2. The Kier molecular flexibility index (Phi) is 6.40. The first-order valence-electron chi connectivity index (χ1n) is 13.6. The van der Waals surface area contributed by atoms with E-state index in [1.807, 2.05) is 0 Å². The van der Waals surface area contributed by atoms with Gasteiger partial charge in [0, 0.05) is 0 Å². The Hall–Kier alpha value is -3.23. The second-order valence-electron chi connectivity index (χ2n) is 12.5. The minimum absolute atomic E-state index is 0.103. The zero-order valence-corrected chi connectivity index (χ0v) is 24.8. The maximum absolute atomic E-state index is 16.9. The Morgan fingerprint density at radius 2 is 0.976 bits per heavy atom. The molecule has 4 aliphatic rings. The molecule has 9 heteroatoms. The number of benzene rings is 2. The number of carbonyl (C=O) groups excluding carboxylic acids is 2. The van der Waals surface area contributed by atoms with E-state index in [9.17, 15) is 9.59 Å². The molecule has 0 radical (unpaired) electrons. The fraction of sp³-hybridized carbons (Fsp3) is 0.312. The monoisotopic (exact) mass is 598 g/mol. The van der Waals surface area contributed by atoms with Crippen LogP contribution in [0.3, 0.4) is 0 Å². The zero-order chi connectivity index (χ0) is 29.5. The third-order valence-corrected chi connectivity index (χ3v) is 17.4. The number of halogens is 4. The van der Waals surface area contributed by atoms with Crippen molar-refractivity contribution in [2.45, 2.75) is 36.1 Å². The molecular weight excluding hydrogens is 568 g/mol. The Bertz CT molecular complexity index is 1480. The predicted molar refractivity (Wildman–Crippen MR) is 148 cm³/mol. The zero-order valence-electron chi connectivity index (χ0n) is 23.2. The summed E-state index contributed by atoms with van der Waals surface area (Å²) in [7, 11) is 0. The molecule has 212 valence electrons. The van der Waals surface area contributed by atoms with Gasteiger partial charge in [-0.1, -0.05) is 0 Å². The molecular formula is C32H30F4N2O2Ti. The molecule has 0 unspecified atom stereocenters. The summed E-state index contributed by atoms with van der Waals surface area (Å²) in [6, 6.07) is 4.63. The Morgan fingerprint density at radius 1 is 0.634 bits per heavy atom. The molecule has 6 rings (SSSR count). The fourth-order valence-electron chi connectivity index (χ4n) is 6.75. The first-order chi connectivity index (χ1) is 19.3. The number of hydrogen-bond acceptors (Lipinski definition) is 2. The van der Waals surface area contributed by atoms with Gasteiger partial charge in [0.05, 0.1) is 0 Å². The molecule has 0 N–H and O–H groups in total. The number of hydrogen-bond donors (Lipinski definition) is 0. The van der Waals surface area contributed by atoms with Crippen LogP contribution in [0.1, 0.15) is 27.7 Å². The SMILES string of the molecule is CC1(C)CN(c2ccc(F)[c]([Ti]([c]3c(F)ccc(N4CC(C)(C)C4=O)c3F)([CH]3C=CC=C3)[CH]3C=CC=C3)c2F)C1=O. The molecule has 2 fully saturated rings. The average molecular weight is 598 g/mol. The first-order valence-corrected chi connectivity index (χ1v) is 17.0. The van der Waals surface area contributed by atoms with Crippen molar-refractivity contribution in [2.24, 2.45) is 10.8 Å². The van der Waals surface area contributed by atoms with Gasteiger partial charge in [-0.2, -0.15) is 0 Å². The molecule has 4 nitrogen and oxygen atoms in total. The summed E-state index contributed by atoms with van der Waals surface area (Å²) >= 11 is -5.02. The summed E-state index contributed by atoms with van der Waals surface area (Å²) in [6.07, 6.45) is 13.8. The van der Waals surface area contributed by atoms with Gasteiger partial charge in [0.1, 0.15) is 0 Å². The van der Waals surface area contributed by atoms with Crippen LogP contribution in [0.15, 0.2) is 72.9 Å². The van der Waals surface area contributed by atoms with E-state index in [2.05, 4.69) is 0 Å². The van der Waals surface area contributed by atoms with Crippen molar-refractivity contribution in [3.05, 3.63) is 96.1 Å². The van der Waals surface area contributed by atoms with Gasteiger partial charge in [-0.25, -0.2) is 0 Å². The summed E-state index contributed by atoms with van der Waals surface area (Å²) in [5, 5.41) is 0.